The number of rotatable bonds is 5. The van der Waals surface area contributed by atoms with Crippen LogP contribution in [0, 0.1) is 23.7 Å². The van der Waals surface area contributed by atoms with E-state index in [4.69, 9.17) is 16.4 Å². The maximum absolute atomic E-state index is 10.8. The molecule has 3 heteroatoms. The normalized spacial score (nSPS) is 8.17. The summed E-state index contributed by atoms with van der Waals surface area (Å²) in [5, 5.41) is 8.16. The number of unbranched alkanes of at least 4 members (excludes halogenated alkanes) is 1. The van der Waals surface area contributed by atoms with Crippen molar-refractivity contribution in [3.8, 4) is 18.4 Å². The predicted octanol–water partition coefficient (Wildman–Crippen LogP) is 1.25. The summed E-state index contributed by atoms with van der Waals surface area (Å²) in [6.07, 6.45) is 6.65. The number of carbonyl (C=O) groups is 1. The van der Waals surface area contributed by atoms with E-state index in [2.05, 4.69) is 5.92 Å². The number of terminal acetylenes is 1. The highest BCUT2D eigenvalue weighted by atomic mass is 16.5. The first kappa shape index (κ1) is 10.5. The molecule has 0 aromatic carbocycles. The summed E-state index contributed by atoms with van der Waals surface area (Å²) in [6.45, 7) is 0.316. The molecule has 0 aliphatic heterocycles. The van der Waals surface area contributed by atoms with Gasteiger partial charge >= 0.3 is 5.97 Å². The lowest BCUT2D eigenvalue weighted by molar-refractivity contribution is -0.143. The SMILES string of the molecule is C#CCCC(=O)OCCCC#N. The third-order valence-corrected chi connectivity index (χ3v) is 1.17. The van der Waals surface area contributed by atoms with Gasteiger partial charge < -0.3 is 4.74 Å². The van der Waals surface area contributed by atoms with E-state index in [1.807, 2.05) is 6.07 Å². The summed E-state index contributed by atoms with van der Waals surface area (Å²) >= 11 is 0. The Morgan fingerprint density at radius 1 is 1.50 bits per heavy atom. The van der Waals surface area contributed by atoms with Crippen LogP contribution in [0.4, 0.5) is 0 Å². The van der Waals surface area contributed by atoms with E-state index in [0.717, 1.165) is 0 Å². The summed E-state index contributed by atoms with van der Waals surface area (Å²) in [7, 11) is 0. The quantitative estimate of drug-likeness (QED) is 0.350. The number of nitriles is 1. The highest BCUT2D eigenvalue weighted by Gasteiger charge is 1.99. The molecule has 3 nitrogen and oxygen atoms in total. The molecule has 0 aliphatic rings. The Hall–Kier alpha value is -1.48. The van der Waals surface area contributed by atoms with Gasteiger partial charge in [0.05, 0.1) is 19.1 Å². The van der Waals surface area contributed by atoms with Crippen LogP contribution in [0.1, 0.15) is 25.7 Å². The second-order valence-electron chi connectivity index (χ2n) is 2.19. The molecule has 64 valence electrons. The van der Waals surface area contributed by atoms with Gasteiger partial charge in [0.15, 0.2) is 0 Å². The van der Waals surface area contributed by atoms with E-state index >= 15 is 0 Å². The number of carbonyl (C=O) groups excluding carboxylic acids is 1. The van der Waals surface area contributed by atoms with Crippen LogP contribution < -0.4 is 0 Å². The molecule has 0 radical (unpaired) electrons. The average molecular weight is 165 g/mol. The Balaban J connectivity index is 3.22. The fourth-order valence-corrected chi connectivity index (χ4v) is 0.584. The molecule has 0 N–H and O–H groups in total. The lowest BCUT2D eigenvalue weighted by Crippen LogP contribution is -2.04. The third-order valence-electron chi connectivity index (χ3n) is 1.17. The fraction of sp³-hybridized carbons (Fsp3) is 0.556. The molecule has 0 saturated heterocycles. The van der Waals surface area contributed by atoms with Crippen LogP contribution in [0.3, 0.4) is 0 Å². The van der Waals surface area contributed by atoms with Gasteiger partial charge in [0.2, 0.25) is 0 Å². The van der Waals surface area contributed by atoms with Gasteiger partial charge in [-0.25, -0.2) is 0 Å². The van der Waals surface area contributed by atoms with Crippen LogP contribution in [0.25, 0.3) is 0 Å². The Labute approximate surface area is 72.3 Å². The van der Waals surface area contributed by atoms with Gasteiger partial charge in [-0.15, -0.1) is 12.3 Å². The Kier molecular flexibility index (Phi) is 6.68. The molecule has 0 bridgehead atoms. The van der Waals surface area contributed by atoms with Crippen molar-refractivity contribution in [2.45, 2.75) is 25.7 Å². The molecule has 0 unspecified atom stereocenters. The first-order valence-corrected chi connectivity index (χ1v) is 3.77. The second kappa shape index (κ2) is 7.63. The summed E-state index contributed by atoms with van der Waals surface area (Å²) in [5.41, 5.74) is 0. The van der Waals surface area contributed by atoms with Crippen molar-refractivity contribution >= 4 is 5.97 Å². The van der Waals surface area contributed by atoms with E-state index in [0.29, 0.717) is 25.9 Å². The molecule has 0 spiro atoms. The van der Waals surface area contributed by atoms with Crippen LogP contribution >= 0.6 is 0 Å². The van der Waals surface area contributed by atoms with E-state index in [9.17, 15) is 4.79 Å². The molecule has 0 aromatic heterocycles. The van der Waals surface area contributed by atoms with Crippen LogP contribution in [0.2, 0.25) is 0 Å². The number of hydrogen-bond acceptors (Lipinski definition) is 3. The van der Waals surface area contributed by atoms with Gasteiger partial charge in [0, 0.05) is 12.8 Å². The summed E-state index contributed by atoms with van der Waals surface area (Å²) in [6, 6.07) is 1.96. The van der Waals surface area contributed by atoms with E-state index in [-0.39, 0.29) is 12.4 Å². The maximum atomic E-state index is 10.8. The zero-order valence-corrected chi connectivity index (χ0v) is 6.88. The van der Waals surface area contributed by atoms with Crippen LogP contribution in [-0.2, 0) is 9.53 Å². The van der Waals surface area contributed by atoms with Crippen LogP contribution in [0.15, 0.2) is 0 Å². The highest BCUT2D eigenvalue weighted by molar-refractivity contribution is 5.69. The average Bonchev–Trinajstić information content (AvgIpc) is 2.09. The Morgan fingerprint density at radius 3 is 2.83 bits per heavy atom. The summed E-state index contributed by atoms with van der Waals surface area (Å²) < 4.78 is 4.76. The zero-order valence-electron chi connectivity index (χ0n) is 6.88. The molecule has 0 amide bonds. The lowest BCUT2D eigenvalue weighted by Gasteiger charge is -2.00. The molecule has 0 atom stereocenters. The molecular formula is C9H11NO2. The Morgan fingerprint density at radius 2 is 2.25 bits per heavy atom. The van der Waals surface area contributed by atoms with Crippen LogP contribution in [0.5, 0.6) is 0 Å². The molecular weight excluding hydrogens is 154 g/mol. The second-order valence-corrected chi connectivity index (χ2v) is 2.19. The number of esters is 1. The van der Waals surface area contributed by atoms with Crippen molar-refractivity contribution < 1.29 is 9.53 Å². The summed E-state index contributed by atoms with van der Waals surface area (Å²) in [4.78, 5) is 10.8. The number of ether oxygens (including phenoxy) is 1. The molecule has 0 fully saturated rings. The smallest absolute Gasteiger partial charge is 0.306 e. The first-order valence-electron chi connectivity index (χ1n) is 3.77. The van der Waals surface area contributed by atoms with Gasteiger partial charge in [-0.05, 0) is 6.42 Å². The third kappa shape index (κ3) is 6.64. The number of hydrogen-bond donors (Lipinski definition) is 0. The molecule has 0 aromatic rings. The highest BCUT2D eigenvalue weighted by Crippen LogP contribution is 1.94. The van der Waals surface area contributed by atoms with Crippen molar-refractivity contribution in [1.82, 2.24) is 0 Å². The monoisotopic (exact) mass is 165 g/mol. The van der Waals surface area contributed by atoms with Crippen molar-refractivity contribution in [2.24, 2.45) is 0 Å². The number of nitrogens with zero attached hydrogens (tertiary/aromatic N) is 1. The van der Waals surface area contributed by atoms with E-state index < -0.39 is 0 Å². The van der Waals surface area contributed by atoms with Gasteiger partial charge in [-0.1, -0.05) is 0 Å². The van der Waals surface area contributed by atoms with E-state index in [1.54, 1.807) is 0 Å². The van der Waals surface area contributed by atoms with Crippen molar-refractivity contribution in [2.75, 3.05) is 6.61 Å². The van der Waals surface area contributed by atoms with Gasteiger partial charge in [-0.2, -0.15) is 5.26 Å². The minimum Gasteiger partial charge on any atom is -0.466 e. The summed E-state index contributed by atoms with van der Waals surface area (Å²) in [5.74, 6) is 2.06. The molecule has 0 rings (SSSR count). The van der Waals surface area contributed by atoms with Gasteiger partial charge in [-0.3, -0.25) is 4.79 Å². The predicted molar refractivity (Wildman–Crippen MR) is 43.9 cm³/mol. The minimum atomic E-state index is -0.286. The van der Waals surface area contributed by atoms with E-state index in [1.165, 1.54) is 0 Å². The Bertz CT molecular complexity index is 210. The first-order chi connectivity index (χ1) is 5.81. The fourth-order valence-electron chi connectivity index (χ4n) is 0.584. The van der Waals surface area contributed by atoms with Gasteiger partial charge in [0.1, 0.15) is 0 Å². The zero-order chi connectivity index (χ0) is 9.23. The van der Waals surface area contributed by atoms with Crippen LogP contribution in [-0.4, -0.2) is 12.6 Å². The largest absolute Gasteiger partial charge is 0.466 e. The molecule has 0 saturated carbocycles. The molecule has 12 heavy (non-hydrogen) atoms. The molecule has 0 aliphatic carbocycles. The lowest BCUT2D eigenvalue weighted by atomic mass is 10.3. The van der Waals surface area contributed by atoms with Gasteiger partial charge in [0.25, 0.3) is 0 Å². The van der Waals surface area contributed by atoms with Crippen molar-refractivity contribution in [1.29, 1.82) is 5.26 Å². The minimum absolute atomic E-state index is 0.267. The standard InChI is InChI=1S/C9H11NO2/c1-2-3-6-9(11)12-8-5-4-7-10/h1H,3-6,8H2. The molecule has 0 heterocycles. The topological polar surface area (TPSA) is 50.1 Å². The van der Waals surface area contributed by atoms with Crippen molar-refractivity contribution in [3.63, 3.8) is 0 Å². The van der Waals surface area contributed by atoms with Crippen molar-refractivity contribution in [3.05, 3.63) is 0 Å². The maximum Gasteiger partial charge on any atom is 0.306 e.